The van der Waals surface area contributed by atoms with E-state index in [9.17, 15) is 32.7 Å². The minimum Gasteiger partial charge on any atom is -0.481 e. The summed E-state index contributed by atoms with van der Waals surface area (Å²) in [5.74, 6) is -1.41. The minimum atomic E-state index is -1.06. The molecule has 0 saturated carbocycles. The van der Waals surface area contributed by atoms with Crippen molar-refractivity contribution in [1.29, 1.82) is 0 Å². The first-order chi connectivity index (χ1) is 46.1. The zero-order valence-corrected chi connectivity index (χ0v) is 61.6. The molecular weight excluding hydrogens is 1480 g/mol. The zero-order chi connectivity index (χ0) is 68.6. The number of aliphatic carboxylic acids is 1. The van der Waals surface area contributed by atoms with Gasteiger partial charge in [-0.15, -0.1) is 68.0 Å². The molecule has 512 valence electrons. The average Bonchev–Trinajstić information content (AvgIpc) is 1.50. The third-order valence-corrected chi connectivity index (χ3v) is 23.6. The highest BCUT2D eigenvalue weighted by atomic mass is 79.9. The van der Waals surface area contributed by atoms with Crippen molar-refractivity contribution in [3.8, 4) is 0 Å². The number of hydrogen-bond acceptors (Lipinski definition) is 23. The number of rotatable bonds is 20. The fourth-order valence-electron chi connectivity index (χ4n) is 12.1. The Morgan fingerprint density at radius 3 is 1.27 bits per heavy atom. The van der Waals surface area contributed by atoms with Crippen molar-refractivity contribution in [3.63, 3.8) is 0 Å². The van der Waals surface area contributed by atoms with Crippen molar-refractivity contribution in [3.05, 3.63) is 170 Å². The molecule has 0 spiro atoms. The summed E-state index contributed by atoms with van der Waals surface area (Å²) in [6.07, 6.45) is 8.62. The summed E-state index contributed by atoms with van der Waals surface area (Å²) in [6.45, 7) is 9.64. The molecule has 3 aliphatic rings. The Morgan fingerprint density at radius 1 is 0.573 bits per heavy atom. The highest BCUT2D eigenvalue weighted by molar-refractivity contribution is 9.08. The smallest absolute Gasteiger partial charge is 0.312 e. The number of alkyl halides is 1. The first-order valence-electron chi connectivity index (χ1n) is 30.4. The second-order valence-electron chi connectivity index (χ2n) is 23.5. The fraction of sp³-hybridized carbons (Fsp3) is 0.400. The molecule has 9 aromatic rings. The number of carbonyl (C=O) groups is 3. The van der Waals surface area contributed by atoms with Gasteiger partial charge in [-0.05, 0) is 152 Å². The van der Waals surface area contributed by atoms with Crippen LogP contribution < -0.4 is 21.3 Å². The number of nitrogens with one attached hydrogen (secondary N) is 4. The number of nitrogens with zero attached hydrogens (tertiary/aromatic N) is 8. The number of thiazole rings is 3. The van der Waals surface area contributed by atoms with Crippen LogP contribution in [-0.2, 0) is 61.5 Å². The van der Waals surface area contributed by atoms with Gasteiger partial charge in [0, 0.05) is 105 Å². The van der Waals surface area contributed by atoms with Crippen molar-refractivity contribution < 1.29 is 42.1 Å². The van der Waals surface area contributed by atoms with Gasteiger partial charge in [0.1, 0.15) is 34.9 Å². The van der Waals surface area contributed by atoms with E-state index in [0.717, 1.165) is 36.3 Å². The lowest BCUT2D eigenvalue weighted by molar-refractivity contribution is -0.157. The van der Waals surface area contributed by atoms with E-state index in [0.29, 0.717) is 91.0 Å². The van der Waals surface area contributed by atoms with E-state index in [1.54, 1.807) is 53.4 Å². The lowest BCUT2D eigenvalue weighted by Crippen LogP contribution is -2.50. The topological polar surface area (TPSA) is 222 Å². The second-order valence-corrected chi connectivity index (χ2v) is 32.2. The van der Waals surface area contributed by atoms with E-state index in [-0.39, 0.29) is 66.4 Å². The Morgan fingerprint density at radius 2 is 0.948 bits per heavy atom. The molecular formula is C65H71BrCl3F3N12O6S6. The van der Waals surface area contributed by atoms with Crippen LogP contribution in [0.25, 0.3) is 0 Å². The molecule has 3 saturated heterocycles. The van der Waals surface area contributed by atoms with Gasteiger partial charge in [-0.2, -0.15) is 0 Å². The second kappa shape index (κ2) is 34.9. The number of carboxylic acids is 1. The summed E-state index contributed by atoms with van der Waals surface area (Å²) in [7, 11) is 2.76. The summed E-state index contributed by atoms with van der Waals surface area (Å²) in [4.78, 5) is 71.6. The first kappa shape index (κ1) is 74.5. The van der Waals surface area contributed by atoms with Gasteiger partial charge in [-0.1, -0.05) is 50.7 Å². The number of anilines is 6. The maximum absolute atomic E-state index is 14.7. The van der Waals surface area contributed by atoms with Gasteiger partial charge < -0.3 is 35.8 Å². The largest absolute Gasteiger partial charge is 0.481 e. The number of aromatic nitrogens is 6. The molecule has 3 aliphatic heterocycles. The van der Waals surface area contributed by atoms with E-state index in [2.05, 4.69) is 83.8 Å². The number of halogens is 7. The fourth-order valence-corrected chi connectivity index (χ4v) is 17.4. The number of esters is 2. The van der Waals surface area contributed by atoms with Crippen LogP contribution in [0.5, 0.6) is 0 Å². The Kier molecular flexibility index (Phi) is 27.0. The number of carbonyl (C=O) groups excluding carboxylic acids is 2. The molecule has 18 nitrogen and oxygen atoms in total. The van der Waals surface area contributed by atoms with Crippen LogP contribution in [0.3, 0.4) is 0 Å². The number of likely N-dealkylation sites (tertiary alicyclic amines) is 2. The third kappa shape index (κ3) is 20.2. The van der Waals surface area contributed by atoms with Crippen LogP contribution in [-0.4, -0.2) is 115 Å². The third-order valence-electron chi connectivity index (χ3n) is 16.9. The lowest BCUT2D eigenvalue weighted by atomic mass is 9.72. The van der Waals surface area contributed by atoms with Gasteiger partial charge in [-0.25, -0.2) is 43.1 Å². The molecule has 96 heavy (non-hydrogen) atoms. The van der Waals surface area contributed by atoms with Crippen LogP contribution in [0.2, 0.25) is 13.0 Å². The maximum atomic E-state index is 14.7. The molecule has 0 bridgehead atoms. The van der Waals surface area contributed by atoms with Gasteiger partial charge in [0.25, 0.3) is 0 Å². The molecule has 12 heterocycles. The van der Waals surface area contributed by atoms with E-state index in [4.69, 9.17) is 44.3 Å². The molecule has 0 aliphatic carbocycles. The minimum absolute atomic E-state index is 0.0328. The Balaban J connectivity index is 0.000000160. The van der Waals surface area contributed by atoms with Gasteiger partial charge in [0.15, 0.2) is 15.4 Å². The molecule has 6 atom stereocenters. The molecule has 12 rings (SSSR count). The molecule has 6 unspecified atom stereocenters. The summed E-state index contributed by atoms with van der Waals surface area (Å²) in [5, 5.41) is 31.0. The number of carboxylic acid groups (broad SMARTS) is 1. The highest BCUT2D eigenvalue weighted by Crippen LogP contribution is 2.43. The SMILES string of the molecule is CC1CC(Cc2nc(Nc3nccs3)ccc2F)(C(=O)O)CCN1Cc1ccc(Cl)s1.COC(=O)C1(Cc2nc(Nc3nccs3)ccc2F)CCN(Cc2ccc(Cl)s2)C(C)C1.COC(=O)C1(Cc2nc(Nc3nccs3)ccc2F)CCNC(C)C1.Clc1ccc(CBr)s1. The monoisotopic (exact) mass is 1550 g/mol. The molecule has 0 amide bonds. The van der Waals surface area contributed by atoms with Crippen LogP contribution in [0.4, 0.5) is 46.0 Å². The molecule has 5 N–H and O–H groups in total. The van der Waals surface area contributed by atoms with E-state index >= 15 is 0 Å². The number of pyridine rings is 3. The summed E-state index contributed by atoms with van der Waals surface area (Å²) >= 11 is 30.0. The number of thiophene rings is 3. The van der Waals surface area contributed by atoms with E-state index in [1.807, 2.05) is 66.4 Å². The van der Waals surface area contributed by atoms with E-state index < -0.39 is 39.7 Å². The molecule has 3 fully saturated rings. The normalized spacial score (nSPS) is 21.1. The number of methoxy groups -OCH3 is 2. The molecule has 31 heteroatoms. The number of ether oxygens (including phenoxy) is 2. The predicted molar refractivity (Wildman–Crippen MR) is 384 cm³/mol. The summed E-state index contributed by atoms with van der Waals surface area (Å²) in [6, 6.07) is 20.8. The standard InChI is InChI=1S/C22H24ClFN4O2S2.C21H22ClFN4O2S2.C17H21FN4O2S.C5H4BrClS/c1-14-11-22(20(29)30-2,7-9-28(14)13-15-3-5-18(23)32-15)12-17-16(24)4-6-19(26-17)27-21-25-8-10-31-21;1-13-10-21(19(28)29,6-8-27(13)12-14-2-4-17(22)31-14)11-16-15(23)3-5-18(25-16)26-20-24-7-9-30-20;1-11-9-17(5-6-19-11,15(23)24-2)10-13-12(18)3-4-14(21-13)22-16-20-7-8-25-16;6-3-4-1-2-5(7)8-4/h3-6,8,10,14H,7,9,11-13H2,1-2H3,(H,25,26,27);2-5,7,9,13H,6,8,10-12H2,1H3,(H,28,29)(H,24,25,26);3-4,7-8,11,19H,5-6,9-10H2,1-2H3,(H,20,21,22);1-2H,3H2. The average molecular weight is 1550 g/mol. The van der Waals surface area contributed by atoms with Crippen molar-refractivity contribution in [2.24, 2.45) is 16.2 Å². The van der Waals surface area contributed by atoms with Crippen molar-refractivity contribution >= 4 is 170 Å². The van der Waals surface area contributed by atoms with Crippen molar-refractivity contribution in [2.45, 2.75) is 115 Å². The maximum Gasteiger partial charge on any atom is 0.312 e. The Labute approximate surface area is 602 Å². The number of hydrogen-bond donors (Lipinski definition) is 5. The van der Waals surface area contributed by atoms with Crippen molar-refractivity contribution in [2.75, 3.05) is 49.8 Å². The van der Waals surface area contributed by atoms with Crippen LogP contribution in [0.1, 0.15) is 91.0 Å². The van der Waals surface area contributed by atoms with Crippen LogP contribution in [0.15, 0.2) is 108 Å². The highest BCUT2D eigenvalue weighted by Gasteiger charge is 2.48. The Hall–Kier alpha value is -5.73. The van der Waals surface area contributed by atoms with Gasteiger partial charge >= 0.3 is 17.9 Å². The molecule has 9 aromatic heterocycles. The molecule has 0 radical (unpaired) electrons. The quantitative estimate of drug-likeness (QED) is 0.0353. The van der Waals surface area contributed by atoms with Gasteiger partial charge in [-0.3, -0.25) is 24.2 Å². The van der Waals surface area contributed by atoms with Crippen molar-refractivity contribution in [1.82, 2.24) is 45.0 Å². The van der Waals surface area contributed by atoms with Gasteiger partial charge in [0.2, 0.25) is 0 Å². The van der Waals surface area contributed by atoms with Crippen LogP contribution >= 0.6 is 119 Å². The predicted octanol–water partition coefficient (Wildman–Crippen LogP) is 17.1. The lowest BCUT2D eigenvalue weighted by Gasteiger charge is -2.43. The first-order valence-corrected chi connectivity index (χ1v) is 37.8. The summed E-state index contributed by atoms with van der Waals surface area (Å²) < 4.78 is 56.3. The Bertz CT molecular complexity index is 3990. The summed E-state index contributed by atoms with van der Waals surface area (Å²) in [5.41, 5.74) is -1.96. The number of piperidine rings is 3. The van der Waals surface area contributed by atoms with Crippen LogP contribution in [0, 0.1) is 33.7 Å². The van der Waals surface area contributed by atoms with E-state index in [1.165, 1.54) is 93.6 Å². The zero-order valence-electron chi connectivity index (χ0n) is 52.9. The van der Waals surface area contributed by atoms with Gasteiger partial charge in [0.05, 0.1) is 60.6 Å². The molecule has 0 aromatic carbocycles.